The van der Waals surface area contributed by atoms with Crippen molar-refractivity contribution in [3.05, 3.63) is 30.1 Å². The van der Waals surface area contributed by atoms with E-state index in [1.807, 2.05) is 12.3 Å². The predicted molar refractivity (Wildman–Crippen MR) is 111 cm³/mol. The average Bonchev–Trinajstić information content (AvgIpc) is 2.64. The van der Waals surface area contributed by atoms with Crippen LogP contribution < -0.4 is 0 Å². The van der Waals surface area contributed by atoms with Crippen LogP contribution in [0.5, 0.6) is 0 Å². The zero-order chi connectivity index (χ0) is 19.3. The van der Waals surface area contributed by atoms with Gasteiger partial charge in [-0.25, -0.2) is 0 Å². The van der Waals surface area contributed by atoms with E-state index in [4.69, 9.17) is 0 Å². The van der Waals surface area contributed by atoms with Crippen LogP contribution in [-0.4, -0.2) is 82.7 Å². The molecule has 1 aromatic heterocycles. The van der Waals surface area contributed by atoms with Gasteiger partial charge in [0.2, 0.25) is 0 Å². The number of aromatic nitrogens is 1. The summed E-state index contributed by atoms with van der Waals surface area (Å²) in [5, 5.41) is 9.55. The van der Waals surface area contributed by atoms with Crippen molar-refractivity contribution >= 4 is 0 Å². The molecule has 5 nitrogen and oxygen atoms in total. The van der Waals surface area contributed by atoms with Crippen LogP contribution in [0.2, 0.25) is 0 Å². The number of hydrogen-bond acceptors (Lipinski definition) is 5. The lowest BCUT2D eigenvalue weighted by atomic mass is 9.93. The van der Waals surface area contributed by atoms with Crippen LogP contribution in [0.15, 0.2) is 24.4 Å². The summed E-state index contributed by atoms with van der Waals surface area (Å²) in [6.07, 6.45) is 5.28. The van der Waals surface area contributed by atoms with Crippen molar-refractivity contribution in [2.24, 2.45) is 5.41 Å². The fourth-order valence-electron chi connectivity index (χ4n) is 4.65. The second kappa shape index (κ2) is 9.46. The second-order valence-corrected chi connectivity index (χ2v) is 9.52. The molecule has 5 heteroatoms. The fourth-order valence-corrected chi connectivity index (χ4v) is 4.65. The number of piperidine rings is 1. The van der Waals surface area contributed by atoms with E-state index in [1.165, 1.54) is 25.1 Å². The van der Waals surface area contributed by atoms with Gasteiger partial charge in [0.05, 0.1) is 5.69 Å². The standard InChI is InChI=1S/C22H38N4O/c1-22(2,3)18-26-14-13-25(17-21(26)9-15-27)20-7-11-24(12-8-20)16-19-6-4-5-10-23-19/h4-6,10,20-21,27H,7-9,11-18H2,1-3H3. The molecule has 2 fully saturated rings. The Labute approximate surface area is 165 Å². The topological polar surface area (TPSA) is 42.8 Å². The first-order valence-corrected chi connectivity index (χ1v) is 10.7. The molecule has 3 rings (SSSR count). The van der Waals surface area contributed by atoms with Crippen molar-refractivity contribution in [1.82, 2.24) is 19.7 Å². The zero-order valence-corrected chi connectivity index (χ0v) is 17.5. The normalized spacial score (nSPS) is 24.4. The Morgan fingerprint density at radius 1 is 1.11 bits per heavy atom. The van der Waals surface area contributed by atoms with Crippen molar-refractivity contribution in [3.8, 4) is 0 Å². The molecule has 0 aromatic carbocycles. The number of aliphatic hydroxyl groups excluding tert-OH is 1. The first-order chi connectivity index (χ1) is 12.9. The van der Waals surface area contributed by atoms with Crippen molar-refractivity contribution in [2.75, 3.05) is 45.9 Å². The van der Waals surface area contributed by atoms with E-state index in [1.54, 1.807) is 0 Å². The SMILES string of the molecule is CC(C)(C)CN1CCN(C2CCN(Cc3ccccn3)CC2)CC1CCO. The molecule has 2 aliphatic heterocycles. The van der Waals surface area contributed by atoms with Gasteiger partial charge in [-0.05, 0) is 36.8 Å². The van der Waals surface area contributed by atoms with Crippen LogP contribution in [0.4, 0.5) is 0 Å². The summed E-state index contributed by atoms with van der Waals surface area (Å²) in [6, 6.07) is 7.38. The molecule has 1 N–H and O–H groups in total. The van der Waals surface area contributed by atoms with Crippen LogP contribution >= 0.6 is 0 Å². The molecule has 0 amide bonds. The molecule has 2 aliphatic rings. The van der Waals surface area contributed by atoms with Crippen LogP contribution in [0, 0.1) is 5.41 Å². The minimum atomic E-state index is 0.293. The molecule has 3 heterocycles. The lowest BCUT2D eigenvalue weighted by Crippen LogP contribution is -2.58. The Balaban J connectivity index is 1.49. The summed E-state index contributed by atoms with van der Waals surface area (Å²) in [4.78, 5) is 12.3. The van der Waals surface area contributed by atoms with E-state index in [-0.39, 0.29) is 0 Å². The summed E-state index contributed by atoms with van der Waals surface area (Å²) in [5.41, 5.74) is 1.49. The van der Waals surface area contributed by atoms with Gasteiger partial charge in [0, 0.05) is 70.7 Å². The number of piperazine rings is 1. The number of nitrogens with zero attached hydrogens (tertiary/aromatic N) is 4. The van der Waals surface area contributed by atoms with Crippen LogP contribution in [0.25, 0.3) is 0 Å². The Kier molecular flexibility index (Phi) is 7.26. The van der Waals surface area contributed by atoms with E-state index < -0.39 is 0 Å². The summed E-state index contributed by atoms with van der Waals surface area (Å²) in [6.45, 7) is 15.1. The molecule has 152 valence electrons. The van der Waals surface area contributed by atoms with Gasteiger partial charge in [-0.1, -0.05) is 26.8 Å². The van der Waals surface area contributed by atoms with Crippen LogP contribution in [-0.2, 0) is 6.54 Å². The first kappa shape index (κ1) is 20.7. The highest BCUT2D eigenvalue weighted by Crippen LogP contribution is 2.25. The highest BCUT2D eigenvalue weighted by Gasteiger charge is 2.33. The molecule has 1 atom stereocenters. The molecule has 1 aromatic rings. The first-order valence-electron chi connectivity index (χ1n) is 10.7. The molecule has 0 bridgehead atoms. The van der Waals surface area contributed by atoms with Gasteiger partial charge in [0.25, 0.3) is 0 Å². The Morgan fingerprint density at radius 3 is 2.52 bits per heavy atom. The summed E-state index contributed by atoms with van der Waals surface area (Å²) in [7, 11) is 0. The number of pyridine rings is 1. The van der Waals surface area contributed by atoms with Gasteiger partial charge in [-0.2, -0.15) is 0 Å². The number of likely N-dealkylation sites (tertiary alicyclic amines) is 1. The Bertz CT molecular complexity index is 551. The maximum Gasteiger partial charge on any atom is 0.0543 e. The quantitative estimate of drug-likeness (QED) is 0.829. The van der Waals surface area contributed by atoms with E-state index in [2.05, 4.69) is 52.6 Å². The van der Waals surface area contributed by atoms with Crippen LogP contribution in [0.3, 0.4) is 0 Å². The van der Waals surface area contributed by atoms with Gasteiger partial charge in [-0.3, -0.25) is 19.7 Å². The van der Waals surface area contributed by atoms with E-state index >= 15 is 0 Å². The molecular formula is C22H38N4O. The van der Waals surface area contributed by atoms with Crippen molar-refractivity contribution in [1.29, 1.82) is 0 Å². The lowest BCUT2D eigenvalue weighted by molar-refractivity contribution is 0.00281. The van der Waals surface area contributed by atoms with Gasteiger partial charge >= 0.3 is 0 Å². The second-order valence-electron chi connectivity index (χ2n) is 9.52. The predicted octanol–water partition coefficient (Wildman–Crippen LogP) is 2.46. The van der Waals surface area contributed by atoms with Gasteiger partial charge in [-0.15, -0.1) is 0 Å². The maximum absolute atomic E-state index is 9.55. The maximum atomic E-state index is 9.55. The van der Waals surface area contributed by atoms with Crippen LogP contribution in [0.1, 0.15) is 45.7 Å². The Hall–Kier alpha value is -1.01. The van der Waals surface area contributed by atoms with Crippen molar-refractivity contribution < 1.29 is 5.11 Å². The molecule has 0 spiro atoms. The van der Waals surface area contributed by atoms with Crippen molar-refractivity contribution in [3.63, 3.8) is 0 Å². The monoisotopic (exact) mass is 374 g/mol. The Morgan fingerprint density at radius 2 is 1.89 bits per heavy atom. The van der Waals surface area contributed by atoms with Gasteiger partial charge < -0.3 is 5.11 Å². The van der Waals surface area contributed by atoms with E-state index in [0.29, 0.717) is 24.1 Å². The highest BCUT2D eigenvalue weighted by atomic mass is 16.3. The summed E-state index contributed by atoms with van der Waals surface area (Å²) < 4.78 is 0. The molecule has 1 unspecified atom stereocenters. The molecule has 27 heavy (non-hydrogen) atoms. The minimum Gasteiger partial charge on any atom is -0.396 e. The molecule has 0 saturated carbocycles. The summed E-state index contributed by atoms with van der Waals surface area (Å²) in [5.74, 6) is 0. The van der Waals surface area contributed by atoms with E-state index in [9.17, 15) is 5.11 Å². The third-order valence-electron chi connectivity index (χ3n) is 5.96. The lowest BCUT2D eigenvalue weighted by Gasteiger charge is -2.48. The highest BCUT2D eigenvalue weighted by molar-refractivity contribution is 5.03. The van der Waals surface area contributed by atoms with E-state index in [0.717, 1.165) is 45.7 Å². The smallest absolute Gasteiger partial charge is 0.0543 e. The molecule has 0 radical (unpaired) electrons. The third-order valence-corrected chi connectivity index (χ3v) is 5.96. The summed E-state index contributed by atoms with van der Waals surface area (Å²) >= 11 is 0. The average molecular weight is 375 g/mol. The fraction of sp³-hybridized carbons (Fsp3) is 0.773. The molecule has 2 saturated heterocycles. The number of aliphatic hydroxyl groups is 1. The zero-order valence-electron chi connectivity index (χ0n) is 17.5. The molecular weight excluding hydrogens is 336 g/mol. The van der Waals surface area contributed by atoms with Gasteiger partial charge in [0.1, 0.15) is 0 Å². The largest absolute Gasteiger partial charge is 0.396 e. The third kappa shape index (κ3) is 6.24. The van der Waals surface area contributed by atoms with Crippen molar-refractivity contribution in [2.45, 2.75) is 58.7 Å². The molecule has 0 aliphatic carbocycles. The number of rotatable bonds is 6. The minimum absolute atomic E-state index is 0.293. The number of hydrogen-bond donors (Lipinski definition) is 1. The van der Waals surface area contributed by atoms with Gasteiger partial charge in [0.15, 0.2) is 0 Å².